The van der Waals surface area contributed by atoms with Crippen LogP contribution in [-0.4, -0.2) is 31.1 Å². The highest BCUT2D eigenvalue weighted by Gasteiger charge is 2.42. The van der Waals surface area contributed by atoms with Crippen LogP contribution in [0, 0.1) is 6.92 Å². The normalized spacial score (nSPS) is 25.7. The number of aryl methyl sites for hydroxylation is 1. The first-order chi connectivity index (χ1) is 15.5. The number of furan rings is 1. The third-order valence-electron chi connectivity index (χ3n) is 6.46. The highest BCUT2D eigenvalue weighted by Crippen LogP contribution is 2.47. The molecule has 7 heteroatoms. The topological polar surface area (TPSA) is 77.8 Å². The lowest BCUT2D eigenvalue weighted by atomic mass is 9.74. The van der Waals surface area contributed by atoms with Crippen LogP contribution in [0.1, 0.15) is 60.0 Å². The molecule has 32 heavy (non-hydrogen) atoms. The summed E-state index contributed by atoms with van der Waals surface area (Å²) in [5.41, 5.74) is 2.83. The molecule has 1 saturated heterocycles. The van der Waals surface area contributed by atoms with E-state index in [1.54, 1.807) is 17.6 Å². The van der Waals surface area contributed by atoms with Crippen molar-refractivity contribution in [3.8, 4) is 0 Å². The van der Waals surface area contributed by atoms with E-state index in [1.807, 2.05) is 38.1 Å². The van der Waals surface area contributed by atoms with Gasteiger partial charge in [-0.25, -0.2) is 4.79 Å². The molecule has 3 atom stereocenters. The Morgan fingerprint density at radius 3 is 2.81 bits per heavy atom. The lowest BCUT2D eigenvalue weighted by Gasteiger charge is -2.35. The number of Topliss-reactive ketones (excluding diaryl/α,β-unsaturated/α-hetero) is 1. The summed E-state index contributed by atoms with van der Waals surface area (Å²) in [7, 11) is 0. The Labute approximate surface area is 191 Å². The predicted molar refractivity (Wildman–Crippen MR) is 120 cm³/mol. The summed E-state index contributed by atoms with van der Waals surface area (Å²) >= 11 is 1.62. The molecular weight excluding hydrogens is 426 g/mol. The fraction of sp³-hybridized carbons (Fsp3) is 0.440. The van der Waals surface area contributed by atoms with E-state index >= 15 is 0 Å². The van der Waals surface area contributed by atoms with E-state index in [-0.39, 0.29) is 30.4 Å². The van der Waals surface area contributed by atoms with Gasteiger partial charge in [-0.2, -0.15) is 0 Å². The first-order valence-corrected chi connectivity index (χ1v) is 12.0. The molecule has 4 heterocycles. The number of carbonyl (C=O) groups is 2. The number of allylic oxidation sites excluding steroid dienone is 3. The zero-order valence-electron chi connectivity index (χ0n) is 18.3. The van der Waals surface area contributed by atoms with E-state index in [0.717, 1.165) is 39.8 Å². The smallest absolute Gasteiger partial charge is 0.336 e. The van der Waals surface area contributed by atoms with Crippen LogP contribution in [0.25, 0.3) is 0 Å². The van der Waals surface area contributed by atoms with E-state index in [0.29, 0.717) is 30.6 Å². The average Bonchev–Trinajstić information content (AvgIpc) is 3.53. The van der Waals surface area contributed by atoms with Crippen molar-refractivity contribution in [2.24, 2.45) is 0 Å². The number of dihydropyridines is 1. The maximum absolute atomic E-state index is 13.4. The largest absolute Gasteiger partial charge is 0.469 e. The molecule has 0 unspecified atom stereocenters. The van der Waals surface area contributed by atoms with Crippen LogP contribution in [0.3, 0.4) is 0 Å². The lowest BCUT2D eigenvalue weighted by Crippen LogP contribution is -2.36. The van der Waals surface area contributed by atoms with E-state index < -0.39 is 5.92 Å². The molecule has 0 radical (unpaired) electrons. The summed E-state index contributed by atoms with van der Waals surface area (Å²) in [5, 5.41) is 3.38. The van der Waals surface area contributed by atoms with Crippen LogP contribution in [0.5, 0.6) is 0 Å². The molecule has 5 rings (SSSR count). The monoisotopic (exact) mass is 453 g/mol. The van der Waals surface area contributed by atoms with E-state index in [2.05, 4.69) is 5.32 Å². The minimum Gasteiger partial charge on any atom is -0.469 e. The molecule has 0 bridgehead atoms. The standard InChI is InChI=1S/C25H27NO5S/c1-14-7-8-21(32-14)24-22(25(28)31-13-17-5-3-9-29-17)15(2)26-18-11-16(12-19(27)23(18)24)20-6-4-10-30-20/h4,6-8,10,16-17,24,26H,3,5,9,11-13H2,1-2H3/t16-,17-,24+/m0/s1. The third-order valence-corrected chi connectivity index (χ3v) is 7.53. The molecule has 2 aromatic heterocycles. The van der Waals surface area contributed by atoms with Gasteiger partial charge in [0.15, 0.2) is 5.78 Å². The van der Waals surface area contributed by atoms with Crippen LogP contribution >= 0.6 is 11.3 Å². The number of hydrogen-bond donors (Lipinski definition) is 1. The molecule has 1 fully saturated rings. The predicted octanol–water partition coefficient (Wildman–Crippen LogP) is 4.73. The minimum atomic E-state index is -0.410. The van der Waals surface area contributed by atoms with Gasteiger partial charge in [0.25, 0.3) is 0 Å². The second kappa shape index (κ2) is 8.71. The number of carbonyl (C=O) groups excluding carboxylic acids is 2. The third kappa shape index (κ3) is 3.95. The number of ketones is 1. The minimum absolute atomic E-state index is 0.00436. The molecule has 0 saturated carbocycles. The zero-order valence-corrected chi connectivity index (χ0v) is 19.1. The Balaban J connectivity index is 1.48. The molecule has 2 aromatic rings. The SMILES string of the molecule is CC1=C(C(=O)OC[C@@H]2CCCO2)[C@@H](c2ccc(C)s2)C2=C(C[C@H](c3ccco3)CC2=O)N1. The van der Waals surface area contributed by atoms with E-state index in [9.17, 15) is 9.59 Å². The van der Waals surface area contributed by atoms with E-state index in [4.69, 9.17) is 13.9 Å². The van der Waals surface area contributed by atoms with Crippen molar-refractivity contribution in [3.63, 3.8) is 0 Å². The van der Waals surface area contributed by atoms with Gasteiger partial charge in [0.2, 0.25) is 0 Å². The van der Waals surface area contributed by atoms with Crippen molar-refractivity contribution in [1.82, 2.24) is 5.32 Å². The molecule has 0 aromatic carbocycles. The number of thiophene rings is 1. The molecule has 0 spiro atoms. The Bertz CT molecular complexity index is 1090. The summed E-state index contributed by atoms with van der Waals surface area (Å²) in [6.07, 6.45) is 4.53. The van der Waals surface area contributed by atoms with Gasteiger partial charge in [0.05, 0.1) is 23.9 Å². The fourth-order valence-corrected chi connectivity index (χ4v) is 5.95. The molecule has 1 aliphatic carbocycles. The van der Waals surface area contributed by atoms with Crippen molar-refractivity contribution < 1.29 is 23.5 Å². The Kier molecular flexibility index (Phi) is 5.78. The number of hydrogen-bond acceptors (Lipinski definition) is 7. The first-order valence-electron chi connectivity index (χ1n) is 11.1. The quantitative estimate of drug-likeness (QED) is 0.660. The summed E-state index contributed by atoms with van der Waals surface area (Å²) in [4.78, 5) is 28.8. The maximum atomic E-state index is 13.4. The van der Waals surface area contributed by atoms with Gasteiger partial charge in [-0.1, -0.05) is 0 Å². The van der Waals surface area contributed by atoms with Gasteiger partial charge < -0.3 is 19.2 Å². The average molecular weight is 454 g/mol. The summed E-state index contributed by atoms with van der Waals surface area (Å²) < 4.78 is 16.9. The summed E-state index contributed by atoms with van der Waals surface area (Å²) in [5.74, 6) is 0.0723. The maximum Gasteiger partial charge on any atom is 0.336 e. The molecule has 1 N–H and O–H groups in total. The summed E-state index contributed by atoms with van der Waals surface area (Å²) in [6, 6.07) is 7.82. The van der Waals surface area contributed by atoms with Gasteiger partial charge in [0, 0.05) is 45.7 Å². The first kappa shape index (κ1) is 21.2. The summed E-state index contributed by atoms with van der Waals surface area (Å²) in [6.45, 7) is 4.88. The molecule has 3 aliphatic rings. The van der Waals surface area contributed by atoms with Gasteiger partial charge in [0.1, 0.15) is 12.4 Å². The molecule has 168 valence electrons. The van der Waals surface area contributed by atoms with Crippen molar-refractivity contribution in [3.05, 3.63) is 68.6 Å². The molecule has 6 nitrogen and oxygen atoms in total. The number of esters is 1. The molecule has 2 aliphatic heterocycles. The van der Waals surface area contributed by atoms with E-state index in [1.165, 1.54) is 0 Å². The van der Waals surface area contributed by atoms with Gasteiger partial charge >= 0.3 is 5.97 Å². The number of ether oxygens (including phenoxy) is 2. The van der Waals surface area contributed by atoms with Gasteiger partial charge in [-0.15, -0.1) is 11.3 Å². The number of nitrogens with one attached hydrogen (secondary N) is 1. The van der Waals surface area contributed by atoms with Crippen LogP contribution in [0.15, 0.2) is 57.5 Å². The van der Waals surface area contributed by atoms with Crippen molar-refractivity contribution in [1.29, 1.82) is 0 Å². The van der Waals surface area contributed by atoms with Gasteiger partial charge in [-0.05, 0) is 57.4 Å². The van der Waals surface area contributed by atoms with Crippen LogP contribution in [0.4, 0.5) is 0 Å². The molecular formula is C25H27NO5S. The Hall–Kier alpha value is -2.64. The molecule has 0 amide bonds. The zero-order chi connectivity index (χ0) is 22.2. The highest BCUT2D eigenvalue weighted by molar-refractivity contribution is 7.12. The van der Waals surface area contributed by atoms with Crippen molar-refractivity contribution in [2.45, 2.75) is 57.5 Å². The Morgan fingerprint density at radius 1 is 1.25 bits per heavy atom. The number of rotatable bonds is 5. The van der Waals surface area contributed by atoms with Crippen LogP contribution in [-0.2, 0) is 19.1 Å². The van der Waals surface area contributed by atoms with Crippen LogP contribution < -0.4 is 5.32 Å². The second-order valence-electron chi connectivity index (χ2n) is 8.71. The Morgan fingerprint density at radius 2 is 2.12 bits per heavy atom. The van der Waals surface area contributed by atoms with Crippen molar-refractivity contribution >= 4 is 23.1 Å². The van der Waals surface area contributed by atoms with Gasteiger partial charge in [-0.3, -0.25) is 4.79 Å². The van der Waals surface area contributed by atoms with Crippen LogP contribution in [0.2, 0.25) is 0 Å². The fourth-order valence-electron chi connectivity index (χ4n) is 4.95. The lowest BCUT2D eigenvalue weighted by molar-refractivity contribution is -0.142. The second-order valence-corrected chi connectivity index (χ2v) is 10.0. The van der Waals surface area contributed by atoms with Crippen molar-refractivity contribution in [2.75, 3.05) is 13.2 Å². The highest BCUT2D eigenvalue weighted by atomic mass is 32.1.